The average molecular weight is 198 g/mol. The van der Waals surface area contributed by atoms with Crippen molar-refractivity contribution >= 4 is 16.7 Å². The average Bonchev–Trinajstić information content (AvgIpc) is 2.60. The molecule has 0 aliphatic heterocycles. The van der Waals surface area contributed by atoms with E-state index in [1.807, 2.05) is 31.2 Å². The fourth-order valence-electron chi connectivity index (χ4n) is 1.57. The lowest BCUT2D eigenvalue weighted by Crippen LogP contribution is -1.96. The molecule has 2 aromatic rings. The van der Waals surface area contributed by atoms with Crippen molar-refractivity contribution in [3.8, 4) is 6.07 Å². The number of carbonyl (C=O) groups excluding carboxylic acids is 1. The Balaban J connectivity index is 2.48. The molecule has 3 heteroatoms. The zero-order valence-electron chi connectivity index (χ0n) is 8.37. The van der Waals surface area contributed by atoms with Gasteiger partial charge in [0, 0.05) is 10.9 Å². The number of hydrogen-bond acceptors (Lipinski definition) is 2. The molecule has 0 unspecified atom stereocenters. The number of aryl methyl sites for hydroxylation is 1. The fraction of sp³-hybridized carbons (Fsp3) is 0.167. The van der Waals surface area contributed by atoms with Crippen LogP contribution in [-0.4, -0.2) is 10.8 Å². The maximum absolute atomic E-state index is 11.4. The van der Waals surface area contributed by atoms with Crippen LogP contribution in [0.3, 0.4) is 0 Å². The molecule has 15 heavy (non-hydrogen) atoms. The van der Waals surface area contributed by atoms with Gasteiger partial charge in [0.15, 0.2) is 5.78 Å². The van der Waals surface area contributed by atoms with E-state index in [4.69, 9.17) is 5.26 Å². The van der Waals surface area contributed by atoms with Crippen molar-refractivity contribution < 1.29 is 4.79 Å². The first-order valence-electron chi connectivity index (χ1n) is 4.70. The minimum Gasteiger partial charge on any atom is -0.352 e. The van der Waals surface area contributed by atoms with E-state index in [2.05, 4.69) is 4.98 Å². The Morgan fingerprint density at radius 3 is 3.00 bits per heavy atom. The summed E-state index contributed by atoms with van der Waals surface area (Å²) in [6, 6.07) is 9.58. The number of carbonyl (C=O) groups is 1. The van der Waals surface area contributed by atoms with E-state index in [0.29, 0.717) is 5.69 Å². The van der Waals surface area contributed by atoms with Crippen LogP contribution in [0.2, 0.25) is 0 Å². The smallest absolute Gasteiger partial charge is 0.193 e. The van der Waals surface area contributed by atoms with Gasteiger partial charge in [0.1, 0.15) is 6.42 Å². The molecule has 1 aromatic carbocycles. The third kappa shape index (κ3) is 1.75. The normalized spacial score (nSPS) is 10.1. The summed E-state index contributed by atoms with van der Waals surface area (Å²) in [7, 11) is 0. The van der Waals surface area contributed by atoms with Crippen LogP contribution in [0.5, 0.6) is 0 Å². The molecule has 1 aromatic heterocycles. The topological polar surface area (TPSA) is 56.6 Å². The van der Waals surface area contributed by atoms with Gasteiger partial charge < -0.3 is 4.98 Å². The summed E-state index contributed by atoms with van der Waals surface area (Å²) >= 11 is 0. The lowest BCUT2D eigenvalue weighted by molar-refractivity contribution is 0.0994. The van der Waals surface area contributed by atoms with Crippen LogP contribution in [0, 0.1) is 18.3 Å². The first kappa shape index (κ1) is 9.47. The van der Waals surface area contributed by atoms with Crippen molar-refractivity contribution in [1.82, 2.24) is 4.98 Å². The molecule has 2 rings (SSSR count). The van der Waals surface area contributed by atoms with Crippen molar-refractivity contribution in [2.75, 3.05) is 0 Å². The van der Waals surface area contributed by atoms with Crippen LogP contribution in [-0.2, 0) is 0 Å². The first-order chi connectivity index (χ1) is 7.20. The van der Waals surface area contributed by atoms with Crippen molar-refractivity contribution in [1.29, 1.82) is 5.26 Å². The highest BCUT2D eigenvalue weighted by atomic mass is 16.1. The quantitative estimate of drug-likeness (QED) is 0.754. The molecular weight excluding hydrogens is 188 g/mol. The molecule has 0 aliphatic carbocycles. The van der Waals surface area contributed by atoms with E-state index in [9.17, 15) is 4.79 Å². The van der Waals surface area contributed by atoms with Gasteiger partial charge in [-0.1, -0.05) is 11.6 Å². The van der Waals surface area contributed by atoms with Crippen LogP contribution in [0.1, 0.15) is 22.5 Å². The van der Waals surface area contributed by atoms with Crippen molar-refractivity contribution in [2.24, 2.45) is 0 Å². The second-order valence-corrected chi connectivity index (χ2v) is 3.53. The number of fused-ring (bicyclic) bond motifs is 1. The molecule has 0 radical (unpaired) electrons. The Bertz CT molecular complexity index is 560. The molecule has 0 spiro atoms. The third-order valence-electron chi connectivity index (χ3n) is 2.32. The molecule has 1 N–H and O–H groups in total. The molecule has 0 amide bonds. The Labute approximate surface area is 87.3 Å². The number of rotatable bonds is 2. The molecule has 1 heterocycles. The summed E-state index contributed by atoms with van der Waals surface area (Å²) in [4.78, 5) is 14.5. The lowest BCUT2D eigenvalue weighted by atomic mass is 10.1. The number of benzene rings is 1. The fourth-order valence-corrected chi connectivity index (χ4v) is 1.57. The van der Waals surface area contributed by atoms with E-state index >= 15 is 0 Å². The number of nitrogens with zero attached hydrogens (tertiary/aromatic N) is 1. The van der Waals surface area contributed by atoms with Crippen molar-refractivity contribution in [2.45, 2.75) is 13.3 Å². The number of hydrogen-bond donors (Lipinski definition) is 1. The van der Waals surface area contributed by atoms with E-state index in [1.165, 1.54) is 0 Å². The van der Waals surface area contributed by atoms with Gasteiger partial charge in [-0.15, -0.1) is 0 Å². The van der Waals surface area contributed by atoms with Crippen LogP contribution in [0.25, 0.3) is 10.9 Å². The van der Waals surface area contributed by atoms with Gasteiger partial charge in [0.25, 0.3) is 0 Å². The Kier molecular flexibility index (Phi) is 2.26. The predicted octanol–water partition coefficient (Wildman–Crippen LogP) is 2.57. The number of nitriles is 1. The maximum Gasteiger partial charge on any atom is 0.193 e. The van der Waals surface area contributed by atoms with Gasteiger partial charge in [-0.25, -0.2) is 0 Å². The Hall–Kier alpha value is -2.08. The van der Waals surface area contributed by atoms with E-state index in [1.54, 1.807) is 6.07 Å². The van der Waals surface area contributed by atoms with Gasteiger partial charge in [0.05, 0.1) is 11.8 Å². The highest BCUT2D eigenvalue weighted by molar-refractivity contribution is 6.00. The molecule has 0 bridgehead atoms. The van der Waals surface area contributed by atoms with Gasteiger partial charge >= 0.3 is 0 Å². The van der Waals surface area contributed by atoms with Gasteiger partial charge in [-0.05, 0) is 25.1 Å². The Morgan fingerprint density at radius 1 is 1.47 bits per heavy atom. The molecular formula is C12H10N2O. The molecule has 74 valence electrons. The molecule has 0 atom stereocenters. The third-order valence-corrected chi connectivity index (χ3v) is 2.32. The molecule has 0 saturated heterocycles. The number of aromatic amines is 1. The second kappa shape index (κ2) is 3.58. The zero-order chi connectivity index (χ0) is 10.8. The molecule has 0 saturated carbocycles. The van der Waals surface area contributed by atoms with Crippen LogP contribution >= 0.6 is 0 Å². The summed E-state index contributed by atoms with van der Waals surface area (Å²) < 4.78 is 0. The van der Waals surface area contributed by atoms with E-state index in [-0.39, 0.29) is 12.2 Å². The van der Waals surface area contributed by atoms with E-state index < -0.39 is 0 Å². The first-order valence-corrected chi connectivity index (χ1v) is 4.70. The van der Waals surface area contributed by atoms with E-state index in [0.717, 1.165) is 16.5 Å². The van der Waals surface area contributed by atoms with Crippen LogP contribution in [0.15, 0.2) is 24.3 Å². The minimum absolute atomic E-state index is 0.0776. The Morgan fingerprint density at radius 2 is 2.27 bits per heavy atom. The van der Waals surface area contributed by atoms with Crippen molar-refractivity contribution in [3.05, 3.63) is 35.5 Å². The number of nitrogens with one attached hydrogen (secondary N) is 1. The summed E-state index contributed by atoms with van der Waals surface area (Å²) in [5.74, 6) is -0.161. The number of ketones is 1. The van der Waals surface area contributed by atoms with Crippen LogP contribution < -0.4 is 0 Å². The zero-order valence-corrected chi connectivity index (χ0v) is 8.37. The largest absolute Gasteiger partial charge is 0.352 e. The summed E-state index contributed by atoms with van der Waals surface area (Å²) in [6.07, 6.45) is -0.0776. The van der Waals surface area contributed by atoms with Gasteiger partial charge in [-0.2, -0.15) is 5.26 Å². The maximum atomic E-state index is 11.4. The van der Waals surface area contributed by atoms with Crippen molar-refractivity contribution in [3.63, 3.8) is 0 Å². The molecule has 0 aliphatic rings. The number of Topliss-reactive ketones (excluding diaryl/α,β-unsaturated/α-hetero) is 1. The van der Waals surface area contributed by atoms with Gasteiger partial charge in [0.2, 0.25) is 0 Å². The highest BCUT2D eigenvalue weighted by Crippen LogP contribution is 2.17. The molecule has 3 nitrogen and oxygen atoms in total. The SMILES string of the molecule is Cc1ccc2[nH]c(C(=O)CC#N)cc2c1. The standard InChI is InChI=1S/C12H10N2O/c1-8-2-3-10-9(6-8)7-11(14-10)12(15)4-5-13/h2-3,6-7,14H,4H2,1H3. The summed E-state index contributed by atoms with van der Waals surface area (Å²) in [6.45, 7) is 2.00. The highest BCUT2D eigenvalue weighted by Gasteiger charge is 2.08. The monoisotopic (exact) mass is 198 g/mol. The summed E-state index contributed by atoms with van der Waals surface area (Å²) in [5, 5.41) is 9.44. The molecule has 0 fully saturated rings. The predicted molar refractivity (Wildman–Crippen MR) is 57.6 cm³/mol. The second-order valence-electron chi connectivity index (χ2n) is 3.53. The van der Waals surface area contributed by atoms with Gasteiger partial charge in [-0.3, -0.25) is 4.79 Å². The number of aromatic nitrogens is 1. The minimum atomic E-state index is -0.161. The lowest BCUT2D eigenvalue weighted by Gasteiger charge is -1.90. The van der Waals surface area contributed by atoms with Crippen LogP contribution in [0.4, 0.5) is 0 Å². The number of H-pyrrole nitrogens is 1. The summed E-state index contributed by atoms with van der Waals surface area (Å²) in [5.41, 5.74) is 2.60.